The number of hydrogen-bond donors (Lipinski definition) is 0. The molecule has 2 aliphatic heterocycles. The maximum Gasteiger partial charge on any atom is 0.250 e. The molecule has 1 aromatic carbocycles. The zero-order chi connectivity index (χ0) is 17.5. The van der Waals surface area contributed by atoms with Gasteiger partial charge in [0.1, 0.15) is 0 Å². The van der Waals surface area contributed by atoms with Crippen molar-refractivity contribution in [2.24, 2.45) is 10.9 Å². The Labute approximate surface area is 155 Å². The van der Waals surface area contributed by atoms with E-state index in [4.69, 9.17) is 0 Å². The molecule has 0 N–H and O–H groups in total. The fourth-order valence-electron chi connectivity index (χ4n) is 2.85. The number of rotatable bonds is 3. The molecule has 3 atom stereocenters. The molecule has 2 saturated heterocycles. The lowest BCUT2D eigenvalue weighted by Crippen LogP contribution is -2.37. The van der Waals surface area contributed by atoms with Gasteiger partial charge in [-0.25, -0.2) is 8.42 Å². The first-order valence-corrected chi connectivity index (χ1v) is 11.3. The number of carbonyl (C=O) groups excluding carboxylic acids is 1. The van der Waals surface area contributed by atoms with Crippen molar-refractivity contribution in [2.45, 2.75) is 31.6 Å². The van der Waals surface area contributed by atoms with Crippen molar-refractivity contribution in [1.29, 1.82) is 0 Å². The minimum Gasteiger partial charge on any atom is -0.316 e. The average Bonchev–Trinajstić information content (AvgIpc) is 2.98. The van der Waals surface area contributed by atoms with Gasteiger partial charge in [-0.2, -0.15) is 4.99 Å². The molecule has 24 heavy (non-hydrogen) atoms. The summed E-state index contributed by atoms with van der Waals surface area (Å²) in [7, 11) is -3.04. The molecule has 5 nitrogen and oxygen atoms in total. The molecule has 3 rings (SSSR count). The molecule has 2 aliphatic rings. The fourth-order valence-corrected chi connectivity index (χ4v) is 7.03. The molecule has 0 aromatic heterocycles. The number of thioether (sulfide) groups is 1. The SMILES string of the molecule is CCC(C)C(=O)N=C1SC2CS(=O)(=O)CC2N1c1ccc(Br)cc1. The summed E-state index contributed by atoms with van der Waals surface area (Å²) in [5.74, 6) is -0.0256. The van der Waals surface area contributed by atoms with E-state index >= 15 is 0 Å². The lowest BCUT2D eigenvalue weighted by Gasteiger charge is -2.24. The predicted molar refractivity (Wildman–Crippen MR) is 102 cm³/mol. The van der Waals surface area contributed by atoms with Gasteiger partial charge in [-0.1, -0.05) is 41.5 Å². The molecule has 0 aliphatic carbocycles. The highest BCUT2D eigenvalue weighted by Crippen LogP contribution is 2.41. The van der Waals surface area contributed by atoms with Gasteiger partial charge in [0.15, 0.2) is 15.0 Å². The molecule has 8 heteroatoms. The van der Waals surface area contributed by atoms with Gasteiger partial charge in [-0.15, -0.1) is 0 Å². The Hall–Kier alpha value is -0.860. The quantitative estimate of drug-likeness (QED) is 0.736. The lowest BCUT2D eigenvalue weighted by molar-refractivity contribution is -0.121. The number of anilines is 1. The number of amides is 1. The van der Waals surface area contributed by atoms with Crippen molar-refractivity contribution in [3.05, 3.63) is 28.7 Å². The number of halogens is 1. The first kappa shape index (κ1) is 17.9. The van der Waals surface area contributed by atoms with Crippen molar-refractivity contribution >= 4 is 54.3 Å². The summed E-state index contributed by atoms with van der Waals surface area (Å²) in [5.41, 5.74) is 0.867. The molecular weight excluding hydrogens is 412 g/mol. The smallest absolute Gasteiger partial charge is 0.250 e. The lowest BCUT2D eigenvalue weighted by atomic mass is 10.1. The molecule has 3 unspecified atom stereocenters. The van der Waals surface area contributed by atoms with Crippen LogP contribution in [0.2, 0.25) is 0 Å². The number of benzene rings is 1. The standard InChI is InChI=1S/C16H19BrN2O3S2/c1-3-10(2)15(20)18-16-19(12-6-4-11(17)5-7-12)13-8-24(21,22)9-14(13)23-16/h4-7,10,13-14H,3,8-9H2,1-2H3. The summed E-state index contributed by atoms with van der Waals surface area (Å²) < 4.78 is 25.0. The summed E-state index contributed by atoms with van der Waals surface area (Å²) in [6.45, 7) is 3.82. The second-order valence-corrected chi connectivity index (χ2v) is 10.5. The molecule has 1 amide bonds. The largest absolute Gasteiger partial charge is 0.316 e. The second-order valence-electron chi connectivity index (χ2n) is 6.19. The highest BCUT2D eigenvalue weighted by molar-refractivity contribution is 9.10. The Morgan fingerprint density at radius 2 is 2.04 bits per heavy atom. The van der Waals surface area contributed by atoms with Gasteiger partial charge in [-0.05, 0) is 30.7 Å². The van der Waals surface area contributed by atoms with Crippen LogP contribution in [-0.2, 0) is 14.6 Å². The third-order valence-corrected chi connectivity index (χ3v) is 8.15. The summed E-state index contributed by atoms with van der Waals surface area (Å²) in [5, 5.41) is 0.551. The fraction of sp³-hybridized carbons (Fsp3) is 0.500. The molecule has 0 spiro atoms. The van der Waals surface area contributed by atoms with Crippen LogP contribution in [0, 0.1) is 5.92 Å². The minimum absolute atomic E-state index is 0.0675. The normalized spacial score (nSPS) is 28.1. The van der Waals surface area contributed by atoms with Crippen LogP contribution in [0.5, 0.6) is 0 Å². The highest BCUT2D eigenvalue weighted by Gasteiger charge is 2.49. The summed E-state index contributed by atoms with van der Waals surface area (Å²) >= 11 is 4.82. The molecule has 1 aromatic rings. The Balaban J connectivity index is 1.98. The molecule has 130 valence electrons. The Bertz CT molecular complexity index is 777. The van der Waals surface area contributed by atoms with E-state index < -0.39 is 9.84 Å². The zero-order valence-electron chi connectivity index (χ0n) is 13.5. The number of carbonyl (C=O) groups is 1. The van der Waals surface area contributed by atoms with Crippen LogP contribution in [0.4, 0.5) is 5.69 Å². The topological polar surface area (TPSA) is 66.8 Å². The van der Waals surface area contributed by atoms with Crippen LogP contribution in [0.15, 0.2) is 33.7 Å². The number of hydrogen-bond acceptors (Lipinski definition) is 4. The number of sulfone groups is 1. The van der Waals surface area contributed by atoms with E-state index in [0.29, 0.717) is 5.17 Å². The van der Waals surface area contributed by atoms with E-state index in [-0.39, 0.29) is 34.6 Å². The Kier molecular flexibility index (Phi) is 5.09. The van der Waals surface area contributed by atoms with Gasteiger partial charge in [0.2, 0.25) is 0 Å². The van der Waals surface area contributed by atoms with E-state index in [2.05, 4.69) is 20.9 Å². The Morgan fingerprint density at radius 1 is 1.38 bits per heavy atom. The average molecular weight is 431 g/mol. The summed E-state index contributed by atoms with van der Waals surface area (Å²) in [6, 6.07) is 7.49. The molecule has 2 fully saturated rings. The first-order valence-electron chi connectivity index (χ1n) is 7.85. The van der Waals surface area contributed by atoms with Crippen LogP contribution in [-0.4, -0.2) is 42.3 Å². The third-order valence-electron chi connectivity index (χ3n) is 4.41. The van der Waals surface area contributed by atoms with Crippen molar-refractivity contribution in [3.63, 3.8) is 0 Å². The first-order chi connectivity index (χ1) is 11.3. The van der Waals surface area contributed by atoms with Crippen LogP contribution >= 0.6 is 27.7 Å². The van der Waals surface area contributed by atoms with Crippen molar-refractivity contribution in [3.8, 4) is 0 Å². The van der Waals surface area contributed by atoms with Crippen LogP contribution in [0.1, 0.15) is 20.3 Å². The van der Waals surface area contributed by atoms with Crippen molar-refractivity contribution < 1.29 is 13.2 Å². The number of amidine groups is 1. The van der Waals surface area contributed by atoms with Crippen LogP contribution < -0.4 is 4.90 Å². The van der Waals surface area contributed by atoms with E-state index in [9.17, 15) is 13.2 Å². The van der Waals surface area contributed by atoms with Gasteiger partial charge in [-0.3, -0.25) is 4.79 Å². The zero-order valence-corrected chi connectivity index (χ0v) is 16.7. The summed E-state index contributed by atoms with van der Waals surface area (Å²) in [6.07, 6.45) is 0.736. The van der Waals surface area contributed by atoms with E-state index in [1.165, 1.54) is 11.8 Å². The number of fused-ring (bicyclic) bond motifs is 1. The van der Waals surface area contributed by atoms with E-state index in [1.807, 2.05) is 43.0 Å². The third kappa shape index (κ3) is 3.55. The predicted octanol–water partition coefficient (Wildman–Crippen LogP) is 3.10. The maximum absolute atomic E-state index is 12.3. The monoisotopic (exact) mass is 430 g/mol. The van der Waals surface area contributed by atoms with E-state index in [1.54, 1.807) is 0 Å². The minimum atomic E-state index is -3.04. The molecule has 0 bridgehead atoms. The molecule has 0 radical (unpaired) electrons. The van der Waals surface area contributed by atoms with Crippen molar-refractivity contribution in [1.82, 2.24) is 0 Å². The van der Waals surface area contributed by atoms with E-state index in [0.717, 1.165) is 16.6 Å². The van der Waals surface area contributed by atoms with Gasteiger partial charge >= 0.3 is 0 Å². The Morgan fingerprint density at radius 3 is 2.67 bits per heavy atom. The van der Waals surface area contributed by atoms with Crippen molar-refractivity contribution in [2.75, 3.05) is 16.4 Å². The van der Waals surface area contributed by atoms with Gasteiger partial charge in [0.05, 0.1) is 17.5 Å². The number of nitrogens with zero attached hydrogens (tertiary/aromatic N) is 2. The van der Waals surface area contributed by atoms with Gasteiger partial charge in [0, 0.05) is 21.3 Å². The van der Waals surface area contributed by atoms with Gasteiger partial charge in [0.25, 0.3) is 5.91 Å². The van der Waals surface area contributed by atoms with Crippen LogP contribution in [0.3, 0.4) is 0 Å². The highest BCUT2D eigenvalue weighted by atomic mass is 79.9. The summed E-state index contributed by atoms with van der Waals surface area (Å²) in [4.78, 5) is 18.5. The molecule has 0 saturated carbocycles. The molecular formula is C16H19BrN2O3S2. The molecule has 2 heterocycles. The maximum atomic E-state index is 12.3. The second kappa shape index (κ2) is 6.80. The van der Waals surface area contributed by atoms with Gasteiger partial charge < -0.3 is 4.90 Å². The number of aliphatic imine (C=N–C) groups is 1. The van der Waals surface area contributed by atoms with Crippen LogP contribution in [0.25, 0.3) is 0 Å².